The molecule has 106 valence electrons. The van der Waals surface area contributed by atoms with Crippen molar-refractivity contribution in [2.45, 2.75) is 31.9 Å². The Morgan fingerprint density at radius 1 is 1.37 bits per heavy atom. The summed E-state index contributed by atoms with van der Waals surface area (Å²) in [7, 11) is 0. The Hall–Kier alpha value is -0.970. The third-order valence-electron chi connectivity index (χ3n) is 3.41. The first-order valence-electron chi connectivity index (χ1n) is 6.95. The molecule has 0 saturated heterocycles. The SMILES string of the molecule is CCOCC(O)CNC(c1ccc(F)cc1)C1CC1. The van der Waals surface area contributed by atoms with Crippen molar-refractivity contribution >= 4 is 0 Å². The number of benzene rings is 1. The van der Waals surface area contributed by atoms with Crippen LogP contribution in [0.15, 0.2) is 24.3 Å². The molecule has 0 heterocycles. The zero-order valence-corrected chi connectivity index (χ0v) is 11.3. The van der Waals surface area contributed by atoms with Gasteiger partial charge in [-0.25, -0.2) is 4.39 Å². The first-order chi connectivity index (χ1) is 9.20. The number of aliphatic hydroxyl groups is 1. The molecule has 1 aromatic carbocycles. The van der Waals surface area contributed by atoms with E-state index in [9.17, 15) is 9.50 Å². The van der Waals surface area contributed by atoms with Crippen LogP contribution in [0.2, 0.25) is 0 Å². The van der Waals surface area contributed by atoms with Crippen molar-refractivity contribution in [2.24, 2.45) is 5.92 Å². The van der Waals surface area contributed by atoms with Crippen LogP contribution < -0.4 is 5.32 Å². The molecule has 1 saturated carbocycles. The van der Waals surface area contributed by atoms with Gasteiger partial charge in [0.15, 0.2) is 0 Å². The van der Waals surface area contributed by atoms with Crippen LogP contribution in [0.4, 0.5) is 4.39 Å². The molecule has 0 radical (unpaired) electrons. The predicted molar refractivity (Wildman–Crippen MR) is 72.4 cm³/mol. The zero-order chi connectivity index (χ0) is 13.7. The van der Waals surface area contributed by atoms with Crippen LogP contribution in [0.25, 0.3) is 0 Å². The van der Waals surface area contributed by atoms with E-state index in [-0.39, 0.29) is 11.9 Å². The molecule has 2 rings (SSSR count). The number of rotatable bonds is 8. The van der Waals surface area contributed by atoms with E-state index in [4.69, 9.17) is 4.74 Å². The minimum atomic E-state index is -0.498. The number of hydrogen-bond acceptors (Lipinski definition) is 3. The molecule has 0 aromatic heterocycles. The second kappa shape index (κ2) is 6.98. The molecule has 1 fully saturated rings. The number of aliphatic hydroxyl groups excluding tert-OH is 1. The molecule has 0 aliphatic heterocycles. The molecule has 2 N–H and O–H groups in total. The number of hydrogen-bond donors (Lipinski definition) is 2. The zero-order valence-electron chi connectivity index (χ0n) is 11.3. The quantitative estimate of drug-likeness (QED) is 0.759. The minimum Gasteiger partial charge on any atom is -0.389 e. The third-order valence-corrected chi connectivity index (χ3v) is 3.41. The van der Waals surface area contributed by atoms with Gasteiger partial charge in [0.25, 0.3) is 0 Å². The monoisotopic (exact) mass is 267 g/mol. The van der Waals surface area contributed by atoms with E-state index < -0.39 is 6.10 Å². The average molecular weight is 267 g/mol. The van der Waals surface area contributed by atoms with Gasteiger partial charge in [-0.1, -0.05) is 12.1 Å². The van der Waals surface area contributed by atoms with Crippen molar-refractivity contribution in [3.05, 3.63) is 35.6 Å². The predicted octanol–water partition coefficient (Wildman–Crippen LogP) is 2.26. The van der Waals surface area contributed by atoms with E-state index >= 15 is 0 Å². The molecule has 2 atom stereocenters. The summed E-state index contributed by atoms with van der Waals surface area (Å²) in [6.07, 6.45) is 1.88. The molecule has 0 bridgehead atoms. The second-order valence-electron chi connectivity index (χ2n) is 5.09. The molecule has 4 heteroatoms. The van der Waals surface area contributed by atoms with Gasteiger partial charge in [-0.2, -0.15) is 0 Å². The molecular weight excluding hydrogens is 245 g/mol. The maximum atomic E-state index is 12.9. The summed E-state index contributed by atoms with van der Waals surface area (Å²) in [5, 5.41) is 13.1. The Morgan fingerprint density at radius 3 is 2.63 bits per heavy atom. The highest BCUT2D eigenvalue weighted by Gasteiger charge is 2.32. The Morgan fingerprint density at radius 2 is 2.05 bits per heavy atom. The Bertz CT molecular complexity index is 378. The van der Waals surface area contributed by atoms with Gasteiger partial charge in [-0.3, -0.25) is 0 Å². The Balaban J connectivity index is 1.88. The van der Waals surface area contributed by atoms with Crippen molar-refractivity contribution in [3.63, 3.8) is 0 Å². The molecule has 1 aliphatic rings. The lowest BCUT2D eigenvalue weighted by Crippen LogP contribution is -2.34. The summed E-state index contributed by atoms with van der Waals surface area (Å²) in [4.78, 5) is 0. The fourth-order valence-electron chi connectivity index (χ4n) is 2.23. The van der Waals surface area contributed by atoms with Gasteiger partial charge >= 0.3 is 0 Å². The maximum absolute atomic E-state index is 12.9. The van der Waals surface area contributed by atoms with Crippen LogP contribution in [0.1, 0.15) is 31.4 Å². The number of nitrogens with one attached hydrogen (secondary N) is 1. The first-order valence-corrected chi connectivity index (χ1v) is 6.95. The van der Waals surface area contributed by atoms with E-state index in [0.29, 0.717) is 25.7 Å². The standard InChI is InChI=1S/C15H22FNO2/c1-2-19-10-14(18)9-17-15(11-3-4-11)12-5-7-13(16)8-6-12/h5-8,11,14-15,17-18H,2-4,9-10H2,1H3. The van der Waals surface area contributed by atoms with Crippen molar-refractivity contribution in [2.75, 3.05) is 19.8 Å². The van der Waals surface area contributed by atoms with Crippen LogP contribution in [0.5, 0.6) is 0 Å². The molecule has 19 heavy (non-hydrogen) atoms. The lowest BCUT2D eigenvalue weighted by atomic mass is 10.0. The summed E-state index contributed by atoms with van der Waals surface area (Å²) in [6.45, 7) is 3.37. The van der Waals surface area contributed by atoms with E-state index in [1.807, 2.05) is 19.1 Å². The molecule has 0 amide bonds. The second-order valence-corrected chi connectivity index (χ2v) is 5.09. The maximum Gasteiger partial charge on any atom is 0.123 e. The van der Waals surface area contributed by atoms with Crippen LogP contribution >= 0.6 is 0 Å². The lowest BCUT2D eigenvalue weighted by molar-refractivity contribution is 0.0409. The first kappa shape index (κ1) is 14.4. The fraction of sp³-hybridized carbons (Fsp3) is 0.600. The van der Waals surface area contributed by atoms with Gasteiger partial charge in [0.05, 0.1) is 12.7 Å². The van der Waals surface area contributed by atoms with E-state index in [1.165, 1.54) is 25.0 Å². The summed E-state index contributed by atoms with van der Waals surface area (Å²) < 4.78 is 18.1. The summed E-state index contributed by atoms with van der Waals surface area (Å²) >= 11 is 0. The highest BCUT2D eigenvalue weighted by molar-refractivity contribution is 5.22. The van der Waals surface area contributed by atoms with Crippen LogP contribution in [0.3, 0.4) is 0 Å². The van der Waals surface area contributed by atoms with E-state index in [1.54, 1.807) is 0 Å². The van der Waals surface area contributed by atoms with Crippen molar-refractivity contribution in [3.8, 4) is 0 Å². The van der Waals surface area contributed by atoms with Crippen LogP contribution in [0, 0.1) is 11.7 Å². The van der Waals surface area contributed by atoms with Gasteiger partial charge in [0.1, 0.15) is 5.82 Å². The van der Waals surface area contributed by atoms with Crippen LogP contribution in [-0.2, 0) is 4.74 Å². The molecule has 1 aliphatic carbocycles. The van der Waals surface area contributed by atoms with E-state index in [0.717, 1.165) is 5.56 Å². The van der Waals surface area contributed by atoms with Gasteiger partial charge in [0.2, 0.25) is 0 Å². The average Bonchev–Trinajstić information content (AvgIpc) is 3.23. The van der Waals surface area contributed by atoms with Gasteiger partial charge < -0.3 is 15.2 Å². The largest absolute Gasteiger partial charge is 0.389 e. The molecule has 3 nitrogen and oxygen atoms in total. The number of halogens is 1. The molecule has 2 unspecified atom stereocenters. The minimum absolute atomic E-state index is 0.205. The van der Waals surface area contributed by atoms with Crippen molar-refractivity contribution < 1.29 is 14.2 Å². The topological polar surface area (TPSA) is 41.5 Å². The lowest BCUT2D eigenvalue weighted by Gasteiger charge is -2.21. The number of ether oxygens (including phenoxy) is 1. The van der Waals surface area contributed by atoms with Crippen LogP contribution in [-0.4, -0.2) is 31.0 Å². The molecular formula is C15H22FNO2. The smallest absolute Gasteiger partial charge is 0.123 e. The Kier molecular flexibility index (Phi) is 5.31. The normalized spacial score (nSPS) is 18.3. The summed E-state index contributed by atoms with van der Waals surface area (Å²) in [6, 6.07) is 6.82. The van der Waals surface area contributed by atoms with Gasteiger partial charge in [-0.05, 0) is 43.4 Å². The summed E-state index contributed by atoms with van der Waals surface area (Å²) in [5.41, 5.74) is 1.09. The highest BCUT2D eigenvalue weighted by Crippen LogP contribution is 2.40. The van der Waals surface area contributed by atoms with Gasteiger partial charge in [0, 0.05) is 19.2 Å². The van der Waals surface area contributed by atoms with Crippen molar-refractivity contribution in [1.29, 1.82) is 0 Å². The highest BCUT2D eigenvalue weighted by atomic mass is 19.1. The fourth-order valence-corrected chi connectivity index (χ4v) is 2.23. The van der Waals surface area contributed by atoms with E-state index in [2.05, 4.69) is 5.32 Å². The summed E-state index contributed by atoms with van der Waals surface area (Å²) in [5.74, 6) is 0.388. The van der Waals surface area contributed by atoms with Crippen molar-refractivity contribution in [1.82, 2.24) is 5.32 Å². The Labute approximate surface area is 113 Å². The molecule has 1 aromatic rings. The van der Waals surface area contributed by atoms with Gasteiger partial charge in [-0.15, -0.1) is 0 Å². The molecule has 0 spiro atoms. The third kappa shape index (κ3) is 4.56.